The number of nitrogen functional groups attached to an aromatic ring is 1. The van der Waals surface area contributed by atoms with E-state index in [-0.39, 0.29) is 18.2 Å². The average Bonchev–Trinajstić information content (AvgIpc) is 2.49. The summed E-state index contributed by atoms with van der Waals surface area (Å²) >= 11 is 0. The lowest BCUT2D eigenvalue weighted by Crippen LogP contribution is -2.12. The van der Waals surface area contributed by atoms with Crippen LogP contribution < -0.4 is 16.2 Å². The van der Waals surface area contributed by atoms with E-state index in [4.69, 9.17) is 21.3 Å². The molecule has 5 heteroatoms. The lowest BCUT2D eigenvalue weighted by molar-refractivity contribution is 0.0693. The Morgan fingerprint density at radius 3 is 2.93 bits per heavy atom. The average molecular weight is 194 g/mol. The Hall–Kier alpha value is -1.75. The summed E-state index contributed by atoms with van der Waals surface area (Å²) in [4.78, 5) is 10.8. The van der Waals surface area contributed by atoms with Crippen molar-refractivity contribution in [3.05, 3.63) is 23.3 Å². The van der Waals surface area contributed by atoms with Crippen molar-refractivity contribution >= 4 is 11.7 Å². The topological polar surface area (TPSA) is 98.6 Å². The van der Waals surface area contributed by atoms with Crippen LogP contribution in [0.15, 0.2) is 12.1 Å². The number of carboxylic acids is 1. The number of benzene rings is 1. The summed E-state index contributed by atoms with van der Waals surface area (Å²) in [5.74, 6) is -0.722. The molecule has 0 saturated heterocycles. The maximum absolute atomic E-state index is 10.8. The summed E-state index contributed by atoms with van der Waals surface area (Å²) in [5.41, 5.74) is 12.6. The highest BCUT2D eigenvalue weighted by molar-refractivity contribution is 5.93. The van der Waals surface area contributed by atoms with Crippen LogP contribution in [-0.2, 0) is 0 Å². The second kappa shape index (κ2) is 2.88. The van der Waals surface area contributed by atoms with Crippen LogP contribution in [0.4, 0.5) is 5.69 Å². The van der Waals surface area contributed by atoms with E-state index in [2.05, 4.69) is 0 Å². The molecular weight excluding hydrogens is 184 g/mol. The quantitative estimate of drug-likeness (QED) is 0.560. The van der Waals surface area contributed by atoms with Crippen molar-refractivity contribution in [3.8, 4) is 5.75 Å². The summed E-state index contributed by atoms with van der Waals surface area (Å²) < 4.78 is 5.20. The lowest BCUT2D eigenvalue weighted by atomic mass is 10.0. The predicted molar refractivity (Wildman–Crippen MR) is 50.2 cm³/mol. The number of hydrogen-bond acceptors (Lipinski definition) is 4. The SMILES string of the molecule is Nc1ccc(C(=O)O)c2c1[C@H](N)CO2. The van der Waals surface area contributed by atoms with Crippen molar-refractivity contribution in [2.45, 2.75) is 6.04 Å². The molecule has 5 nitrogen and oxygen atoms in total. The molecule has 1 aromatic carbocycles. The van der Waals surface area contributed by atoms with Gasteiger partial charge in [-0.3, -0.25) is 0 Å². The third-order valence-corrected chi connectivity index (χ3v) is 2.24. The molecule has 1 heterocycles. The fourth-order valence-electron chi connectivity index (χ4n) is 1.58. The highest BCUT2D eigenvalue weighted by Crippen LogP contribution is 2.38. The van der Waals surface area contributed by atoms with Crippen LogP contribution in [0, 0.1) is 0 Å². The third-order valence-electron chi connectivity index (χ3n) is 2.24. The van der Waals surface area contributed by atoms with E-state index < -0.39 is 5.97 Å². The Kier molecular flexibility index (Phi) is 1.82. The van der Waals surface area contributed by atoms with Gasteiger partial charge in [0, 0.05) is 11.3 Å². The highest BCUT2D eigenvalue weighted by atomic mass is 16.5. The Bertz CT molecular complexity index is 403. The first-order valence-corrected chi connectivity index (χ1v) is 4.15. The smallest absolute Gasteiger partial charge is 0.339 e. The zero-order valence-electron chi connectivity index (χ0n) is 7.36. The van der Waals surface area contributed by atoms with E-state index >= 15 is 0 Å². The summed E-state index contributed by atoms with van der Waals surface area (Å²) in [7, 11) is 0. The number of carboxylic acid groups (broad SMARTS) is 1. The molecule has 0 amide bonds. The Balaban J connectivity index is 2.64. The summed E-state index contributed by atoms with van der Waals surface area (Å²) in [6, 6.07) is 2.63. The van der Waals surface area contributed by atoms with Gasteiger partial charge in [0.15, 0.2) is 0 Å². The number of rotatable bonds is 1. The zero-order chi connectivity index (χ0) is 10.3. The molecule has 1 atom stereocenters. The van der Waals surface area contributed by atoms with Crippen LogP contribution in [0.2, 0.25) is 0 Å². The second-order valence-electron chi connectivity index (χ2n) is 3.17. The first-order chi connectivity index (χ1) is 6.61. The first-order valence-electron chi connectivity index (χ1n) is 4.15. The van der Waals surface area contributed by atoms with Crippen molar-refractivity contribution in [2.75, 3.05) is 12.3 Å². The zero-order valence-corrected chi connectivity index (χ0v) is 7.36. The van der Waals surface area contributed by atoms with Crippen molar-refractivity contribution in [3.63, 3.8) is 0 Å². The molecule has 0 spiro atoms. The molecule has 0 bridgehead atoms. The largest absolute Gasteiger partial charge is 0.490 e. The minimum absolute atomic E-state index is 0.113. The monoisotopic (exact) mass is 194 g/mol. The number of carbonyl (C=O) groups is 1. The van der Waals surface area contributed by atoms with Gasteiger partial charge in [-0.2, -0.15) is 0 Å². The molecule has 1 aromatic rings. The number of hydrogen-bond donors (Lipinski definition) is 3. The van der Waals surface area contributed by atoms with Gasteiger partial charge in [0.2, 0.25) is 0 Å². The van der Waals surface area contributed by atoms with Gasteiger partial charge in [-0.05, 0) is 12.1 Å². The highest BCUT2D eigenvalue weighted by Gasteiger charge is 2.28. The van der Waals surface area contributed by atoms with Crippen LogP contribution in [0.25, 0.3) is 0 Å². The Morgan fingerprint density at radius 2 is 2.29 bits per heavy atom. The van der Waals surface area contributed by atoms with Crippen LogP contribution >= 0.6 is 0 Å². The maximum Gasteiger partial charge on any atom is 0.339 e. The van der Waals surface area contributed by atoms with E-state index in [1.54, 1.807) is 0 Å². The number of aromatic carboxylic acids is 1. The van der Waals surface area contributed by atoms with Gasteiger partial charge >= 0.3 is 5.97 Å². The van der Waals surface area contributed by atoms with Crippen molar-refractivity contribution < 1.29 is 14.6 Å². The van der Waals surface area contributed by atoms with E-state index in [0.717, 1.165) is 0 Å². The van der Waals surface area contributed by atoms with Gasteiger partial charge in [0.05, 0.1) is 6.04 Å². The molecule has 0 saturated carbocycles. The van der Waals surface area contributed by atoms with E-state index in [1.807, 2.05) is 0 Å². The van der Waals surface area contributed by atoms with Crippen molar-refractivity contribution in [1.82, 2.24) is 0 Å². The van der Waals surface area contributed by atoms with Crippen LogP contribution in [-0.4, -0.2) is 17.7 Å². The number of anilines is 1. The molecule has 0 unspecified atom stereocenters. The second-order valence-corrected chi connectivity index (χ2v) is 3.17. The number of ether oxygens (including phenoxy) is 1. The fourth-order valence-corrected chi connectivity index (χ4v) is 1.58. The minimum atomic E-state index is -1.03. The molecule has 74 valence electrons. The summed E-state index contributed by atoms with van der Waals surface area (Å²) in [6.07, 6.45) is 0. The Morgan fingerprint density at radius 1 is 1.57 bits per heavy atom. The molecule has 1 aliphatic heterocycles. The van der Waals surface area contributed by atoms with Crippen molar-refractivity contribution in [1.29, 1.82) is 0 Å². The summed E-state index contributed by atoms with van der Waals surface area (Å²) in [6.45, 7) is 0.282. The number of nitrogens with two attached hydrogens (primary N) is 2. The third kappa shape index (κ3) is 1.10. The molecule has 0 aliphatic carbocycles. The van der Waals surface area contributed by atoms with E-state index in [9.17, 15) is 4.79 Å². The van der Waals surface area contributed by atoms with E-state index in [1.165, 1.54) is 12.1 Å². The molecule has 0 radical (unpaired) electrons. The molecule has 0 fully saturated rings. The first kappa shape index (κ1) is 8.83. The molecule has 1 aliphatic rings. The minimum Gasteiger partial charge on any atom is -0.490 e. The van der Waals surface area contributed by atoms with Crippen LogP contribution in [0.1, 0.15) is 22.0 Å². The summed E-state index contributed by atoms with van der Waals surface area (Å²) in [5, 5.41) is 8.86. The standard InChI is InChI=1S/C9H10N2O3/c10-5-2-1-4(9(12)13)8-7(5)6(11)3-14-8/h1-2,6H,3,10-11H2,(H,12,13)/t6-/m1/s1. The molecule has 14 heavy (non-hydrogen) atoms. The predicted octanol–water partition coefficient (Wildman–Crippen LogP) is 0.359. The fraction of sp³-hybridized carbons (Fsp3) is 0.222. The molecular formula is C9H10N2O3. The molecule has 5 N–H and O–H groups in total. The van der Waals surface area contributed by atoms with Gasteiger partial charge in [-0.1, -0.05) is 0 Å². The van der Waals surface area contributed by atoms with Crippen LogP contribution in [0.5, 0.6) is 5.75 Å². The molecule has 2 rings (SSSR count). The molecule has 0 aromatic heterocycles. The maximum atomic E-state index is 10.8. The number of fused-ring (bicyclic) bond motifs is 1. The van der Waals surface area contributed by atoms with Gasteiger partial charge in [-0.25, -0.2) is 4.79 Å². The Labute approximate surface area is 80.3 Å². The van der Waals surface area contributed by atoms with Crippen LogP contribution in [0.3, 0.4) is 0 Å². The normalized spacial score (nSPS) is 18.8. The lowest BCUT2D eigenvalue weighted by Gasteiger charge is -2.07. The van der Waals surface area contributed by atoms with Gasteiger partial charge in [0.25, 0.3) is 0 Å². The van der Waals surface area contributed by atoms with E-state index in [0.29, 0.717) is 17.0 Å². The van der Waals surface area contributed by atoms with Crippen molar-refractivity contribution in [2.24, 2.45) is 5.73 Å². The van der Waals surface area contributed by atoms with Gasteiger partial charge < -0.3 is 21.3 Å². The van der Waals surface area contributed by atoms with Gasteiger partial charge in [-0.15, -0.1) is 0 Å². The van der Waals surface area contributed by atoms with Gasteiger partial charge in [0.1, 0.15) is 17.9 Å².